The molecule has 0 fully saturated rings. The van der Waals surface area contributed by atoms with Gasteiger partial charge in [0.1, 0.15) is 0 Å². The van der Waals surface area contributed by atoms with Gasteiger partial charge in [0.25, 0.3) is 0 Å². The van der Waals surface area contributed by atoms with Gasteiger partial charge in [-0.05, 0) is 18.8 Å². The van der Waals surface area contributed by atoms with Gasteiger partial charge in [-0.15, -0.1) is 0 Å². The fourth-order valence-corrected chi connectivity index (χ4v) is 1.76. The molecule has 0 aliphatic carbocycles. The molecule has 1 atom stereocenters. The number of aliphatic carboxylic acids is 1. The molecule has 0 aliphatic rings. The van der Waals surface area contributed by atoms with Crippen molar-refractivity contribution in [2.24, 2.45) is 5.92 Å². The van der Waals surface area contributed by atoms with E-state index in [1.807, 2.05) is 13.0 Å². The Balaban J connectivity index is 4.22. The van der Waals surface area contributed by atoms with Crippen molar-refractivity contribution in [2.45, 2.75) is 59.3 Å². The number of carbonyl (C=O) groups is 1. The van der Waals surface area contributed by atoms with Crippen molar-refractivity contribution in [1.82, 2.24) is 0 Å². The average molecular weight is 212 g/mol. The molecule has 0 bridgehead atoms. The van der Waals surface area contributed by atoms with Crippen LogP contribution in [0.3, 0.4) is 0 Å². The zero-order valence-electron chi connectivity index (χ0n) is 10.3. The molecule has 0 aliphatic heterocycles. The van der Waals surface area contributed by atoms with E-state index in [9.17, 15) is 4.79 Å². The lowest BCUT2D eigenvalue weighted by molar-refractivity contribution is -0.132. The van der Waals surface area contributed by atoms with Gasteiger partial charge in [-0.1, -0.05) is 52.5 Å². The van der Waals surface area contributed by atoms with Crippen molar-refractivity contribution >= 4 is 5.97 Å². The molecule has 0 aromatic heterocycles. The number of hydrogen-bond acceptors (Lipinski definition) is 1. The van der Waals surface area contributed by atoms with E-state index in [0.717, 1.165) is 25.7 Å². The highest BCUT2D eigenvalue weighted by Gasteiger charge is 2.13. The quantitative estimate of drug-likeness (QED) is 0.617. The summed E-state index contributed by atoms with van der Waals surface area (Å²) in [6.07, 6.45) is 8.02. The van der Waals surface area contributed by atoms with Crippen molar-refractivity contribution in [3.8, 4) is 0 Å². The summed E-state index contributed by atoms with van der Waals surface area (Å²) >= 11 is 0. The minimum Gasteiger partial charge on any atom is -0.478 e. The Morgan fingerprint density at radius 2 is 2.00 bits per heavy atom. The van der Waals surface area contributed by atoms with E-state index in [1.165, 1.54) is 12.8 Å². The van der Waals surface area contributed by atoms with Gasteiger partial charge in [0.15, 0.2) is 0 Å². The number of hydrogen-bond donors (Lipinski definition) is 1. The zero-order valence-corrected chi connectivity index (χ0v) is 10.3. The van der Waals surface area contributed by atoms with Crippen LogP contribution in [0, 0.1) is 5.92 Å². The largest absolute Gasteiger partial charge is 0.478 e. The van der Waals surface area contributed by atoms with Gasteiger partial charge >= 0.3 is 5.97 Å². The molecule has 1 unspecified atom stereocenters. The van der Waals surface area contributed by atoms with Crippen molar-refractivity contribution in [3.63, 3.8) is 0 Å². The van der Waals surface area contributed by atoms with Crippen LogP contribution >= 0.6 is 0 Å². The van der Waals surface area contributed by atoms with Crippen LogP contribution < -0.4 is 0 Å². The third-order valence-electron chi connectivity index (χ3n) is 2.78. The standard InChI is InChI=1S/C13H24O2/c1-4-7-9-11(6-3)10-12(8-5-2)13(14)15/h8,11H,4-7,9-10H2,1-3H3,(H,14,15)/b12-8-. The first-order chi connectivity index (χ1) is 7.15. The number of rotatable bonds is 8. The van der Waals surface area contributed by atoms with Gasteiger partial charge in [0.05, 0.1) is 0 Å². The molecule has 0 amide bonds. The van der Waals surface area contributed by atoms with Gasteiger partial charge in [0.2, 0.25) is 0 Å². The van der Waals surface area contributed by atoms with E-state index in [1.54, 1.807) is 0 Å². The smallest absolute Gasteiger partial charge is 0.331 e. The van der Waals surface area contributed by atoms with E-state index < -0.39 is 5.97 Å². The lowest BCUT2D eigenvalue weighted by atomic mass is 9.91. The predicted octanol–water partition coefficient (Wildman–Crippen LogP) is 4.01. The molecule has 2 heteroatoms. The fourth-order valence-electron chi connectivity index (χ4n) is 1.76. The first-order valence-corrected chi connectivity index (χ1v) is 6.07. The van der Waals surface area contributed by atoms with Crippen molar-refractivity contribution in [3.05, 3.63) is 11.6 Å². The molecule has 0 aromatic rings. The van der Waals surface area contributed by atoms with Gasteiger partial charge in [-0.25, -0.2) is 4.79 Å². The summed E-state index contributed by atoms with van der Waals surface area (Å²) in [5.74, 6) is -0.203. The van der Waals surface area contributed by atoms with Gasteiger partial charge in [-0.2, -0.15) is 0 Å². The second-order valence-electron chi connectivity index (χ2n) is 4.06. The summed E-state index contributed by atoms with van der Waals surface area (Å²) in [6, 6.07) is 0. The molecule has 0 saturated heterocycles. The van der Waals surface area contributed by atoms with Crippen molar-refractivity contribution in [1.29, 1.82) is 0 Å². The number of carboxylic acids is 1. The Hall–Kier alpha value is -0.790. The van der Waals surface area contributed by atoms with Crippen molar-refractivity contribution < 1.29 is 9.90 Å². The fraction of sp³-hybridized carbons (Fsp3) is 0.769. The van der Waals surface area contributed by atoms with Crippen LogP contribution in [0.2, 0.25) is 0 Å². The summed E-state index contributed by atoms with van der Waals surface area (Å²) in [5, 5.41) is 9.01. The second kappa shape index (κ2) is 8.51. The maximum Gasteiger partial charge on any atom is 0.331 e. The SMILES string of the molecule is CC/C=C(/CC(CC)CCCC)C(=O)O. The number of allylic oxidation sites excluding steroid dienone is 1. The molecular formula is C13H24O2. The highest BCUT2D eigenvalue weighted by Crippen LogP contribution is 2.21. The van der Waals surface area contributed by atoms with E-state index in [4.69, 9.17) is 5.11 Å². The third-order valence-corrected chi connectivity index (χ3v) is 2.78. The first kappa shape index (κ1) is 14.2. The Labute approximate surface area is 93.4 Å². The van der Waals surface area contributed by atoms with E-state index in [-0.39, 0.29) is 0 Å². The topological polar surface area (TPSA) is 37.3 Å². The molecule has 0 heterocycles. The zero-order chi connectivity index (χ0) is 11.7. The average Bonchev–Trinajstić information content (AvgIpc) is 2.22. The summed E-state index contributed by atoms with van der Waals surface area (Å²) in [4.78, 5) is 10.9. The summed E-state index contributed by atoms with van der Waals surface area (Å²) < 4.78 is 0. The lowest BCUT2D eigenvalue weighted by Crippen LogP contribution is -2.08. The molecule has 0 rings (SSSR count). The van der Waals surface area contributed by atoms with Crippen LogP contribution in [0.4, 0.5) is 0 Å². The predicted molar refractivity (Wildman–Crippen MR) is 63.9 cm³/mol. The Morgan fingerprint density at radius 1 is 1.33 bits per heavy atom. The minimum absolute atomic E-state index is 0.541. The summed E-state index contributed by atoms with van der Waals surface area (Å²) in [7, 11) is 0. The highest BCUT2D eigenvalue weighted by atomic mass is 16.4. The first-order valence-electron chi connectivity index (χ1n) is 6.07. The molecule has 88 valence electrons. The molecule has 2 nitrogen and oxygen atoms in total. The van der Waals surface area contributed by atoms with E-state index in [2.05, 4.69) is 13.8 Å². The van der Waals surface area contributed by atoms with Crippen LogP contribution in [-0.4, -0.2) is 11.1 Å². The Morgan fingerprint density at radius 3 is 2.40 bits per heavy atom. The molecule has 0 spiro atoms. The molecular weight excluding hydrogens is 188 g/mol. The third kappa shape index (κ3) is 6.32. The maximum atomic E-state index is 10.9. The number of carboxylic acid groups (broad SMARTS) is 1. The Bertz CT molecular complexity index is 207. The van der Waals surface area contributed by atoms with Crippen LogP contribution in [0.1, 0.15) is 59.3 Å². The van der Waals surface area contributed by atoms with Gasteiger partial charge < -0.3 is 5.11 Å². The molecule has 1 N–H and O–H groups in total. The molecule has 15 heavy (non-hydrogen) atoms. The molecule has 0 saturated carbocycles. The lowest BCUT2D eigenvalue weighted by Gasteiger charge is -2.14. The van der Waals surface area contributed by atoms with Crippen LogP contribution in [0.15, 0.2) is 11.6 Å². The number of unbranched alkanes of at least 4 members (excludes halogenated alkanes) is 1. The van der Waals surface area contributed by atoms with E-state index in [0.29, 0.717) is 11.5 Å². The van der Waals surface area contributed by atoms with Gasteiger partial charge in [0, 0.05) is 5.57 Å². The second-order valence-corrected chi connectivity index (χ2v) is 4.06. The summed E-state index contributed by atoms with van der Waals surface area (Å²) in [5.41, 5.74) is 0.598. The van der Waals surface area contributed by atoms with Crippen LogP contribution in [0.25, 0.3) is 0 Å². The monoisotopic (exact) mass is 212 g/mol. The van der Waals surface area contributed by atoms with Crippen LogP contribution in [-0.2, 0) is 4.79 Å². The van der Waals surface area contributed by atoms with Crippen LogP contribution in [0.5, 0.6) is 0 Å². The minimum atomic E-state index is -0.744. The van der Waals surface area contributed by atoms with Gasteiger partial charge in [-0.3, -0.25) is 0 Å². The highest BCUT2D eigenvalue weighted by molar-refractivity contribution is 5.86. The Kier molecular flexibility index (Phi) is 8.06. The van der Waals surface area contributed by atoms with E-state index >= 15 is 0 Å². The summed E-state index contributed by atoms with van der Waals surface area (Å²) in [6.45, 7) is 6.30. The molecule has 0 radical (unpaired) electrons. The normalized spacial score (nSPS) is 13.9. The molecule has 0 aromatic carbocycles. The maximum absolute atomic E-state index is 10.9. The van der Waals surface area contributed by atoms with Crippen molar-refractivity contribution in [2.75, 3.05) is 0 Å².